The molecule has 3 heteroatoms. The molecule has 2 aliphatic carbocycles. The van der Waals surface area contributed by atoms with Gasteiger partial charge in [0.2, 0.25) is 0 Å². The summed E-state index contributed by atoms with van der Waals surface area (Å²) in [6.07, 6.45) is 4.88. The van der Waals surface area contributed by atoms with E-state index in [1.54, 1.807) is 0 Å². The molecule has 0 aliphatic heterocycles. The zero-order valence-electron chi connectivity index (χ0n) is 7.83. The van der Waals surface area contributed by atoms with Gasteiger partial charge >= 0.3 is 5.97 Å². The fourth-order valence-corrected chi connectivity index (χ4v) is 2.80. The van der Waals surface area contributed by atoms with E-state index in [1.807, 2.05) is 0 Å². The van der Waals surface area contributed by atoms with Crippen LogP contribution in [0.2, 0.25) is 0 Å². The van der Waals surface area contributed by atoms with Crippen LogP contribution < -0.4 is 5.73 Å². The lowest BCUT2D eigenvalue weighted by atomic mass is 9.72. The van der Waals surface area contributed by atoms with Gasteiger partial charge in [-0.1, -0.05) is 0 Å². The molecule has 2 fully saturated rings. The molecule has 2 saturated carbocycles. The van der Waals surface area contributed by atoms with Crippen LogP contribution in [0, 0.1) is 17.3 Å². The lowest BCUT2D eigenvalue weighted by molar-refractivity contribution is -0.140. The van der Waals surface area contributed by atoms with Crippen molar-refractivity contribution in [3.05, 3.63) is 0 Å². The van der Waals surface area contributed by atoms with E-state index >= 15 is 0 Å². The lowest BCUT2D eigenvalue weighted by Gasteiger charge is -2.34. The van der Waals surface area contributed by atoms with Crippen LogP contribution in [0.1, 0.15) is 32.1 Å². The second-order valence-electron chi connectivity index (χ2n) is 4.77. The number of carboxylic acid groups (broad SMARTS) is 1. The molecule has 0 heterocycles. The molecule has 0 amide bonds. The highest BCUT2D eigenvalue weighted by molar-refractivity contribution is 5.67. The fourth-order valence-electron chi connectivity index (χ4n) is 2.80. The molecule has 0 spiro atoms. The minimum atomic E-state index is -0.690. The molecular formula is C10H17NO2. The van der Waals surface area contributed by atoms with E-state index in [4.69, 9.17) is 10.8 Å². The second kappa shape index (κ2) is 2.98. The maximum Gasteiger partial charge on any atom is 0.303 e. The molecule has 0 saturated heterocycles. The van der Waals surface area contributed by atoms with Gasteiger partial charge in [-0.25, -0.2) is 0 Å². The Kier molecular flexibility index (Phi) is 2.06. The molecule has 0 aromatic rings. The molecule has 3 N–H and O–H groups in total. The van der Waals surface area contributed by atoms with Crippen LogP contribution in [0.25, 0.3) is 0 Å². The smallest absolute Gasteiger partial charge is 0.303 e. The predicted molar refractivity (Wildman–Crippen MR) is 49.2 cm³/mol. The van der Waals surface area contributed by atoms with E-state index in [9.17, 15) is 4.79 Å². The third-order valence-corrected chi connectivity index (χ3v) is 3.77. The first-order valence-corrected chi connectivity index (χ1v) is 5.07. The topological polar surface area (TPSA) is 63.3 Å². The molecule has 13 heavy (non-hydrogen) atoms. The summed E-state index contributed by atoms with van der Waals surface area (Å²) in [4.78, 5) is 10.7. The molecule has 3 nitrogen and oxygen atoms in total. The van der Waals surface area contributed by atoms with Crippen molar-refractivity contribution in [2.75, 3.05) is 6.54 Å². The molecule has 0 unspecified atom stereocenters. The minimum Gasteiger partial charge on any atom is -0.481 e. The Morgan fingerprint density at radius 1 is 1.54 bits per heavy atom. The van der Waals surface area contributed by atoms with E-state index in [1.165, 1.54) is 12.8 Å². The van der Waals surface area contributed by atoms with E-state index < -0.39 is 5.97 Å². The fraction of sp³-hybridized carbons (Fsp3) is 0.900. The minimum absolute atomic E-state index is 0.0660. The normalized spacial score (nSPS) is 42.5. The van der Waals surface area contributed by atoms with E-state index in [2.05, 4.69) is 0 Å². The number of carbonyl (C=O) groups is 1. The van der Waals surface area contributed by atoms with Gasteiger partial charge in [-0.15, -0.1) is 0 Å². The maximum absolute atomic E-state index is 10.7. The van der Waals surface area contributed by atoms with E-state index in [0.29, 0.717) is 6.54 Å². The first kappa shape index (κ1) is 9.00. The van der Waals surface area contributed by atoms with Crippen LogP contribution in [-0.4, -0.2) is 17.6 Å². The average molecular weight is 183 g/mol. The summed E-state index contributed by atoms with van der Waals surface area (Å²) in [5, 5.41) is 8.81. The zero-order valence-corrected chi connectivity index (χ0v) is 7.83. The van der Waals surface area contributed by atoms with Gasteiger partial charge in [0.15, 0.2) is 0 Å². The van der Waals surface area contributed by atoms with Crippen molar-refractivity contribution in [1.29, 1.82) is 0 Å². The van der Waals surface area contributed by atoms with Crippen LogP contribution in [0.5, 0.6) is 0 Å². The van der Waals surface area contributed by atoms with Gasteiger partial charge in [0, 0.05) is 0 Å². The monoisotopic (exact) mass is 183 g/mol. The Morgan fingerprint density at radius 2 is 2.31 bits per heavy atom. The molecule has 0 radical (unpaired) electrons. The molecular weight excluding hydrogens is 166 g/mol. The zero-order chi connectivity index (χ0) is 9.47. The summed E-state index contributed by atoms with van der Waals surface area (Å²) in [7, 11) is 0. The molecule has 2 rings (SSSR count). The van der Waals surface area contributed by atoms with Crippen LogP contribution in [0.15, 0.2) is 0 Å². The van der Waals surface area contributed by atoms with E-state index in [0.717, 1.165) is 24.7 Å². The molecule has 0 aromatic heterocycles. The van der Waals surface area contributed by atoms with Crippen molar-refractivity contribution in [2.45, 2.75) is 32.1 Å². The highest BCUT2D eigenvalue weighted by atomic mass is 16.4. The molecule has 0 aromatic carbocycles. The Morgan fingerprint density at radius 3 is 2.85 bits per heavy atom. The van der Waals surface area contributed by atoms with Crippen molar-refractivity contribution in [1.82, 2.24) is 0 Å². The van der Waals surface area contributed by atoms with Crippen molar-refractivity contribution in [3.8, 4) is 0 Å². The van der Waals surface area contributed by atoms with Gasteiger partial charge in [0.1, 0.15) is 0 Å². The number of nitrogens with two attached hydrogens (primary N) is 1. The van der Waals surface area contributed by atoms with Crippen molar-refractivity contribution >= 4 is 5.97 Å². The summed E-state index contributed by atoms with van der Waals surface area (Å²) in [6, 6.07) is 0. The summed E-state index contributed by atoms with van der Waals surface area (Å²) in [6.45, 7) is 0.544. The molecule has 0 bridgehead atoms. The first-order valence-electron chi connectivity index (χ1n) is 5.07. The standard InChI is InChI=1S/C10H17NO2/c11-6-10(5-9(12)13)2-1-7-3-8(7)4-10/h7-8H,1-6,11H2,(H,12,13)/t7-,8-,10-/m1/s1. The Balaban J connectivity index is 2.01. The SMILES string of the molecule is NC[C@]1(CC(=O)O)CC[C@@H]2C[C@@H]2C1. The number of fused-ring (bicyclic) bond motifs is 1. The maximum atomic E-state index is 10.7. The van der Waals surface area contributed by atoms with Crippen LogP contribution >= 0.6 is 0 Å². The third kappa shape index (κ3) is 1.70. The quantitative estimate of drug-likeness (QED) is 0.691. The Bertz CT molecular complexity index is 229. The summed E-state index contributed by atoms with van der Waals surface area (Å²) < 4.78 is 0. The van der Waals surface area contributed by atoms with Gasteiger partial charge in [-0.05, 0) is 49.5 Å². The summed E-state index contributed by atoms with van der Waals surface area (Å²) in [5.41, 5.74) is 5.64. The van der Waals surface area contributed by atoms with Gasteiger partial charge in [0.25, 0.3) is 0 Å². The largest absolute Gasteiger partial charge is 0.481 e. The molecule has 2 aliphatic rings. The van der Waals surface area contributed by atoms with Crippen LogP contribution in [-0.2, 0) is 4.79 Å². The third-order valence-electron chi connectivity index (χ3n) is 3.77. The molecule has 3 atom stereocenters. The van der Waals surface area contributed by atoms with Crippen LogP contribution in [0.3, 0.4) is 0 Å². The van der Waals surface area contributed by atoms with Gasteiger partial charge in [-0.2, -0.15) is 0 Å². The number of carboxylic acids is 1. The number of hydrogen-bond donors (Lipinski definition) is 2. The highest BCUT2D eigenvalue weighted by Gasteiger charge is 2.48. The van der Waals surface area contributed by atoms with Gasteiger partial charge in [0.05, 0.1) is 6.42 Å². The Hall–Kier alpha value is -0.570. The van der Waals surface area contributed by atoms with Gasteiger partial charge in [-0.3, -0.25) is 4.79 Å². The van der Waals surface area contributed by atoms with Gasteiger partial charge < -0.3 is 10.8 Å². The Labute approximate surface area is 78.3 Å². The van der Waals surface area contributed by atoms with E-state index in [-0.39, 0.29) is 11.8 Å². The van der Waals surface area contributed by atoms with Crippen molar-refractivity contribution < 1.29 is 9.90 Å². The first-order chi connectivity index (χ1) is 6.15. The molecule has 74 valence electrons. The number of rotatable bonds is 3. The number of hydrogen-bond acceptors (Lipinski definition) is 2. The predicted octanol–water partition coefficient (Wildman–Crippen LogP) is 1.23. The highest BCUT2D eigenvalue weighted by Crippen LogP contribution is 2.56. The number of aliphatic carboxylic acids is 1. The summed E-state index contributed by atoms with van der Waals surface area (Å²) in [5.74, 6) is 1.02. The van der Waals surface area contributed by atoms with Crippen molar-refractivity contribution in [2.24, 2.45) is 23.0 Å². The summed E-state index contributed by atoms with van der Waals surface area (Å²) >= 11 is 0. The average Bonchev–Trinajstić information content (AvgIpc) is 2.81. The lowest BCUT2D eigenvalue weighted by Crippen LogP contribution is -2.35. The van der Waals surface area contributed by atoms with Crippen molar-refractivity contribution in [3.63, 3.8) is 0 Å². The second-order valence-corrected chi connectivity index (χ2v) is 4.77. The van der Waals surface area contributed by atoms with Crippen LogP contribution in [0.4, 0.5) is 0 Å².